The molecule has 1 heterocycles. The second-order valence-electron chi connectivity index (χ2n) is 4.17. The molecular formula is C13H10F5N. The van der Waals surface area contributed by atoms with E-state index < -0.39 is 23.4 Å². The number of benzene rings is 1. The second kappa shape index (κ2) is 4.68. The molecule has 1 aromatic rings. The topological polar surface area (TPSA) is 12.0 Å². The lowest BCUT2D eigenvalue weighted by Crippen LogP contribution is -2.19. The van der Waals surface area contributed by atoms with E-state index in [9.17, 15) is 22.0 Å². The molecular weight excluding hydrogens is 265 g/mol. The smallest absolute Gasteiger partial charge is 0.381 e. The van der Waals surface area contributed by atoms with Gasteiger partial charge >= 0.3 is 6.18 Å². The molecule has 0 fully saturated rings. The van der Waals surface area contributed by atoms with Crippen LogP contribution in [-0.4, -0.2) is 6.54 Å². The Kier molecular flexibility index (Phi) is 3.34. The summed E-state index contributed by atoms with van der Waals surface area (Å²) < 4.78 is 64.8. The third-order valence-electron chi connectivity index (χ3n) is 2.75. The first-order valence-electron chi connectivity index (χ1n) is 5.48. The fraction of sp³-hybridized carbons (Fsp3) is 0.231. The molecule has 0 aliphatic carbocycles. The van der Waals surface area contributed by atoms with E-state index in [0.717, 1.165) is 11.6 Å². The van der Waals surface area contributed by atoms with Gasteiger partial charge in [0.25, 0.3) is 0 Å². The van der Waals surface area contributed by atoms with E-state index >= 15 is 0 Å². The molecule has 2 rings (SSSR count). The predicted molar refractivity (Wildman–Crippen MR) is 61.1 cm³/mol. The number of hydrogen-bond acceptors (Lipinski definition) is 1. The van der Waals surface area contributed by atoms with Crippen LogP contribution >= 0.6 is 0 Å². The Bertz CT molecular complexity index is 569. The van der Waals surface area contributed by atoms with Crippen LogP contribution in [0.5, 0.6) is 0 Å². The lowest BCUT2D eigenvalue weighted by molar-refractivity contribution is -0.142. The van der Waals surface area contributed by atoms with Crippen molar-refractivity contribution in [1.29, 1.82) is 0 Å². The Morgan fingerprint density at radius 1 is 1.16 bits per heavy atom. The quantitative estimate of drug-likeness (QED) is 0.767. The second-order valence-corrected chi connectivity index (χ2v) is 4.17. The van der Waals surface area contributed by atoms with Crippen LogP contribution in [0.2, 0.25) is 0 Å². The minimum Gasteiger partial charge on any atom is -0.381 e. The van der Waals surface area contributed by atoms with E-state index in [1.807, 2.05) is 0 Å². The number of hydrogen-bond donors (Lipinski definition) is 1. The van der Waals surface area contributed by atoms with E-state index in [0.29, 0.717) is 12.6 Å². The van der Waals surface area contributed by atoms with E-state index in [1.165, 1.54) is 6.08 Å². The lowest BCUT2D eigenvalue weighted by atomic mass is 10.0. The van der Waals surface area contributed by atoms with Gasteiger partial charge in [0, 0.05) is 17.8 Å². The van der Waals surface area contributed by atoms with Crippen molar-refractivity contribution < 1.29 is 22.0 Å². The summed E-state index contributed by atoms with van der Waals surface area (Å²) in [6.45, 7) is 2.13. The fourth-order valence-corrected chi connectivity index (χ4v) is 1.85. The SMILES string of the molecule is CC1=CCNC(c2ccc(F)c(C(F)(F)F)c2F)=C1. The molecule has 102 valence electrons. The molecule has 0 saturated carbocycles. The molecule has 19 heavy (non-hydrogen) atoms. The summed E-state index contributed by atoms with van der Waals surface area (Å²) in [6.07, 6.45) is -1.75. The zero-order valence-electron chi connectivity index (χ0n) is 9.91. The van der Waals surface area contributed by atoms with Crippen molar-refractivity contribution in [3.8, 4) is 0 Å². The number of rotatable bonds is 1. The highest BCUT2D eigenvalue weighted by Crippen LogP contribution is 2.36. The van der Waals surface area contributed by atoms with E-state index in [4.69, 9.17) is 0 Å². The number of nitrogens with one attached hydrogen (secondary N) is 1. The summed E-state index contributed by atoms with van der Waals surface area (Å²) in [6, 6.07) is 1.62. The van der Waals surface area contributed by atoms with E-state index in [2.05, 4.69) is 5.32 Å². The summed E-state index contributed by atoms with van der Waals surface area (Å²) in [5.74, 6) is -3.21. The van der Waals surface area contributed by atoms with Crippen molar-refractivity contribution >= 4 is 5.70 Å². The fourth-order valence-electron chi connectivity index (χ4n) is 1.85. The Balaban J connectivity index is 2.58. The molecule has 0 amide bonds. The summed E-state index contributed by atoms with van der Waals surface area (Å²) in [4.78, 5) is 0. The predicted octanol–water partition coefficient (Wildman–Crippen LogP) is 3.87. The molecule has 0 radical (unpaired) electrons. The average Bonchev–Trinajstić information content (AvgIpc) is 2.27. The molecule has 1 aliphatic heterocycles. The van der Waals surface area contributed by atoms with Crippen molar-refractivity contribution in [2.75, 3.05) is 6.54 Å². The first kappa shape index (κ1) is 13.6. The van der Waals surface area contributed by atoms with Gasteiger partial charge in [-0.3, -0.25) is 0 Å². The van der Waals surface area contributed by atoms with Gasteiger partial charge < -0.3 is 5.32 Å². The minimum atomic E-state index is -5.07. The van der Waals surface area contributed by atoms with Crippen LogP contribution in [0.3, 0.4) is 0 Å². The van der Waals surface area contributed by atoms with Crippen LogP contribution in [0.1, 0.15) is 18.1 Å². The number of dihydropyridines is 1. The van der Waals surface area contributed by atoms with Crippen molar-refractivity contribution in [2.45, 2.75) is 13.1 Å². The van der Waals surface area contributed by atoms with Gasteiger partial charge in [-0.1, -0.05) is 11.6 Å². The van der Waals surface area contributed by atoms with E-state index in [1.54, 1.807) is 13.0 Å². The normalized spacial score (nSPS) is 15.7. The summed E-state index contributed by atoms with van der Waals surface area (Å²) in [5.41, 5.74) is -1.14. The Morgan fingerprint density at radius 3 is 2.42 bits per heavy atom. The van der Waals surface area contributed by atoms with Gasteiger partial charge in [-0.25, -0.2) is 8.78 Å². The Hall–Kier alpha value is -1.85. The third kappa shape index (κ3) is 2.62. The minimum absolute atomic E-state index is 0.211. The van der Waals surface area contributed by atoms with Crippen molar-refractivity contribution in [3.05, 3.63) is 52.6 Å². The standard InChI is InChI=1S/C13H10F5N/c1-7-4-5-19-10(6-7)8-2-3-9(14)11(12(8)15)13(16,17)18/h2-4,6,19H,5H2,1H3. The summed E-state index contributed by atoms with van der Waals surface area (Å²) in [5, 5.41) is 2.76. The van der Waals surface area contributed by atoms with Crippen LogP contribution in [0, 0.1) is 11.6 Å². The van der Waals surface area contributed by atoms with Crippen LogP contribution in [0.4, 0.5) is 22.0 Å². The molecule has 0 spiro atoms. The molecule has 1 N–H and O–H groups in total. The number of alkyl halides is 3. The van der Waals surface area contributed by atoms with Gasteiger partial charge in [0.1, 0.15) is 17.2 Å². The van der Waals surface area contributed by atoms with Crippen LogP contribution in [-0.2, 0) is 6.18 Å². The molecule has 0 unspecified atom stereocenters. The maximum atomic E-state index is 13.9. The first-order chi connectivity index (χ1) is 8.80. The zero-order chi connectivity index (χ0) is 14.2. The summed E-state index contributed by atoms with van der Waals surface area (Å²) in [7, 11) is 0. The van der Waals surface area contributed by atoms with Gasteiger partial charge in [-0.2, -0.15) is 13.2 Å². The first-order valence-corrected chi connectivity index (χ1v) is 5.48. The molecule has 0 aromatic heterocycles. The highest BCUT2D eigenvalue weighted by Gasteiger charge is 2.39. The largest absolute Gasteiger partial charge is 0.422 e. The van der Waals surface area contributed by atoms with Crippen molar-refractivity contribution in [3.63, 3.8) is 0 Å². The van der Waals surface area contributed by atoms with E-state index in [-0.39, 0.29) is 11.3 Å². The van der Waals surface area contributed by atoms with Gasteiger partial charge in [-0.05, 0) is 25.1 Å². The zero-order valence-corrected chi connectivity index (χ0v) is 9.91. The number of allylic oxidation sites excluding steroid dienone is 2. The lowest BCUT2D eigenvalue weighted by Gasteiger charge is -2.18. The van der Waals surface area contributed by atoms with Crippen LogP contribution in [0.25, 0.3) is 5.70 Å². The van der Waals surface area contributed by atoms with Crippen LogP contribution in [0.15, 0.2) is 29.9 Å². The van der Waals surface area contributed by atoms with Gasteiger partial charge in [0.15, 0.2) is 0 Å². The molecule has 1 nitrogen and oxygen atoms in total. The highest BCUT2D eigenvalue weighted by atomic mass is 19.4. The van der Waals surface area contributed by atoms with Crippen molar-refractivity contribution in [1.82, 2.24) is 5.32 Å². The maximum Gasteiger partial charge on any atom is 0.422 e. The number of halogens is 5. The highest BCUT2D eigenvalue weighted by molar-refractivity contribution is 5.69. The van der Waals surface area contributed by atoms with Gasteiger partial charge in [0.2, 0.25) is 0 Å². The molecule has 1 aromatic carbocycles. The molecule has 1 aliphatic rings. The molecule has 0 atom stereocenters. The van der Waals surface area contributed by atoms with Gasteiger partial charge in [-0.15, -0.1) is 0 Å². The molecule has 0 bridgehead atoms. The average molecular weight is 275 g/mol. The van der Waals surface area contributed by atoms with Crippen molar-refractivity contribution in [2.24, 2.45) is 0 Å². The third-order valence-corrected chi connectivity index (χ3v) is 2.75. The maximum absolute atomic E-state index is 13.9. The summed E-state index contributed by atoms with van der Waals surface area (Å²) >= 11 is 0. The Morgan fingerprint density at radius 2 is 1.84 bits per heavy atom. The monoisotopic (exact) mass is 275 g/mol. The molecule has 0 saturated heterocycles. The Labute approximate surface area is 106 Å². The van der Waals surface area contributed by atoms with Crippen LogP contribution < -0.4 is 5.32 Å². The molecule has 6 heteroatoms. The van der Waals surface area contributed by atoms with Gasteiger partial charge in [0.05, 0.1) is 0 Å².